The number of halogens is 2. The summed E-state index contributed by atoms with van der Waals surface area (Å²) < 4.78 is 0. The van der Waals surface area contributed by atoms with Crippen LogP contribution in [-0.2, 0) is 0 Å². The summed E-state index contributed by atoms with van der Waals surface area (Å²) in [4.78, 5) is 0. The van der Waals surface area contributed by atoms with E-state index in [2.05, 4.69) is 26.0 Å². The first-order valence-electron chi connectivity index (χ1n) is 5.29. The maximum Gasteiger partial charge on any atom is 0.0363 e. The van der Waals surface area contributed by atoms with Crippen LogP contribution in [0.25, 0.3) is 0 Å². The molecule has 0 aliphatic heterocycles. The van der Waals surface area contributed by atoms with Crippen molar-refractivity contribution in [3.8, 4) is 0 Å². The van der Waals surface area contributed by atoms with Gasteiger partial charge >= 0.3 is 0 Å². The van der Waals surface area contributed by atoms with Crippen LogP contribution in [0, 0.1) is 11.3 Å². The molecule has 1 rings (SSSR count). The first-order valence-corrected chi connectivity index (χ1v) is 6.20. The van der Waals surface area contributed by atoms with E-state index >= 15 is 0 Å². The molecule has 1 aliphatic rings. The summed E-state index contributed by atoms with van der Waals surface area (Å²) in [6, 6.07) is 0. The smallest absolute Gasteiger partial charge is 0.0363 e. The molecule has 0 amide bonds. The SMILES string of the molecule is CCC(CC)C1(CCl)C=CC(Cl)=CC1. The van der Waals surface area contributed by atoms with Crippen LogP contribution in [0.1, 0.15) is 33.1 Å². The normalized spacial score (nSPS) is 26.8. The van der Waals surface area contributed by atoms with E-state index in [1.165, 1.54) is 12.8 Å². The van der Waals surface area contributed by atoms with E-state index in [0.717, 1.165) is 11.5 Å². The van der Waals surface area contributed by atoms with Crippen molar-refractivity contribution >= 4 is 23.2 Å². The molecule has 0 aromatic rings. The molecule has 0 radical (unpaired) electrons. The number of rotatable bonds is 4. The summed E-state index contributed by atoms with van der Waals surface area (Å²) in [5.74, 6) is 1.36. The minimum atomic E-state index is 0.142. The molecule has 0 saturated heterocycles. The van der Waals surface area contributed by atoms with Crippen LogP contribution in [0.4, 0.5) is 0 Å². The Labute approximate surface area is 97.0 Å². The molecule has 0 N–H and O–H groups in total. The Hall–Kier alpha value is 0.0600. The highest BCUT2D eigenvalue weighted by atomic mass is 35.5. The quantitative estimate of drug-likeness (QED) is 0.616. The van der Waals surface area contributed by atoms with E-state index in [0.29, 0.717) is 11.8 Å². The van der Waals surface area contributed by atoms with E-state index < -0.39 is 0 Å². The summed E-state index contributed by atoms with van der Waals surface area (Å²) in [6.45, 7) is 4.46. The van der Waals surface area contributed by atoms with Gasteiger partial charge in [-0.15, -0.1) is 11.6 Å². The Morgan fingerprint density at radius 1 is 1.43 bits per heavy atom. The first kappa shape index (κ1) is 12.1. The van der Waals surface area contributed by atoms with Crippen LogP contribution in [0.15, 0.2) is 23.3 Å². The fourth-order valence-electron chi connectivity index (χ4n) is 2.28. The van der Waals surface area contributed by atoms with Gasteiger partial charge in [0.2, 0.25) is 0 Å². The number of alkyl halides is 1. The van der Waals surface area contributed by atoms with Crippen LogP contribution in [0.3, 0.4) is 0 Å². The van der Waals surface area contributed by atoms with Crippen LogP contribution in [0.2, 0.25) is 0 Å². The minimum Gasteiger partial charge on any atom is -0.126 e. The second-order valence-corrected chi connectivity index (χ2v) is 4.71. The Morgan fingerprint density at radius 3 is 2.43 bits per heavy atom. The van der Waals surface area contributed by atoms with Crippen LogP contribution in [-0.4, -0.2) is 5.88 Å². The highest BCUT2D eigenvalue weighted by molar-refractivity contribution is 6.31. The highest BCUT2D eigenvalue weighted by Crippen LogP contribution is 2.42. The average molecular weight is 233 g/mol. The van der Waals surface area contributed by atoms with Crippen molar-refractivity contribution in [2.24, 2.45) is 11.3 Å². The van der Waals surface area contributed by atoms with Crippen LogP contribution < -0.4 is 0 Å². The predicted octanol–water partition coefficient (Wildman–Crippen LogP) is 4.73. The summed E-state index contributed by atoms with van der Waals surface area (Å²) in [5, 5.41) is 0.844. The zero-order valence-corrected chi connectivity index (χ0v) is 10.4. The van der Waals surface area contributed by atoms with Crippen molar-refractivity contribution in [3.63, 3.8) is 0 Å². The average Bonchev–Trinajstić information content (AvgIpc) is 2.23. The van der Waals surface area contributed by atoms with E-state index in [1.807, 2.05) is 6.08 Å². The van der Waals surface area contributed by atoms with Gasteiger partial charge in [0.05, 0.1) is 0 Å². The standard InChI is InChI=1S/C12H18Cl2/c1-3-10(4-2)12(9-13)7-5-11(14)6-8-12/h5-7,10H,3-4,8-9H2,1-2H3. The fraction of sp³-hybridized carbons (Fsp3) is 0.667. The summed E-state index contributed by atoms with van der Waals surface area (Å²) in [5.41, 5.74) is 0.142. The molecule has 1 unspecified atom stereocenters. The lowest BCUT2D eigenvalue weighted by atomic mass is 9.70. The first-order chi connectivity index (χ1) is 6.68. The monoisotopic (exact) mass is 232 g/mol. The lowest BCUT2D eigenvalue weighted by Crippen LogP contribution is -2.30. The van der Waals surface area contributed by atoms with Gasteiger partial charge in [0, 0.05) is 16.3 Å². The van der Waals surface area contributed by atoms with E-state index in [1.54, 1.807) is 0 Å². The fourth-order valence-corrected chi connectivity index (χ4v) is 2.84. The molecule has 0 nitrogen and oxygen atoms in total. The molecule has 14 heavy (non-hydrogen) atoms. The molecule has 0 bridgehead atoms. The molecule has 0 spiro atoms. The maximum absolute atomic E-state index is 6.11. The van der Waals surface area contributed by atoms with Gasteiger partial charge in [-0.2, -0.15) is 0 Å². The third kappa shape index (κ3) is 2.35. The second-order valence-electron chi connectivity index (χ2n) is 4.01. The van der Waals surface area contributed by atoms with Crippen molar-refractivity contribution in [2.75, 3.05) is 5.88 Å². The summed E-state index contributed by atoms with van der Waals surface area (Å²) in [6.07, 6.45) is 9.63. The van der Waals surface area contributed by atoms with E-state index in [9.17, 15) is 0 Å². The summed E-state index contributed by atoms with van der Waals surface area (Å²) >= 11 is 12.0. The topological polar surface area (TPSA) is 0 Å². The predicted molar refractivity (Wildman–Crippen MR) is 64.9 cm³/mol. The van der Waals surface area contributed by atoms with Gasteiger partial charge in [-0.05, 0) is 18.4 Å². The maximum atomic E-state index is 6.11. The zero-order chi connectivity index (χ0) is 10.6. The van der Waals surface area contributed by atoms with Crippen molar-refractivity contribution in [3.05, 3.63) is 23.3 Å². The van der Waals surface area contributed by atoms with Crippen molar-refractivity contribution in [1.29, 1.82) is 0 Å². The molecule has 0 fully saturated rings. The van der Waals surface area contributed by atoms with Crippen molar-refractivity contribution < 1.29 is 0 Å². The van der Waals surface area contributed by atoms with Gasteiger partial charge < -0.3 is 0 Å². The van der Waals surface area contributed by atoms with E-state index in [4.69, 9.17) is 23.2 Å². The summed E-state index contributed by atoms with van der Waals surface area (Å²) in [7, 11) is 0. The third-order valence-corrected chi connectivity index (χ3v) is 4.08. The number of hydrogen-bond donors (Lipinski definition) is 0. The molecule has 0 aromatic carbocycles. The largest absolute Gasteiger partial charge is 0.126 e. The second kappa shape index (κ2) is 5.23. The zero-order valence-electron chi connectivity index (χ0n) is 8.89. The number of hydrogen-bond acceptors (Lipinski definition) is 0. The van der Waals surface area contributed by atoms with Gasteiger partial charge in [-0.3, -0.25) is 0 Å². The van der Waals surface area contributed by atoms with Gasteiger partial charge in [-0.1, -0.05) is 50.4 Å². The van der Waals surface area contributed by atoms with Gasteiger partial charge in [0.1, 0.15) is 0 Å². The molecular formula is C12H18Cl2. The Balaban J connectivity index is 2.83. The Bertz CT molecular complexity index is 239. The van der Waals surface area contributed by atoms with Crippen molar-refractivity contribution in [2.45, 2.75) is 33.1 Å². The molecule has 2 heteroatoms. The Kier molecular flexibility index (Phi) is 4.53. The highest BCUT2D eigenvalue weighted by Gasteiger charge is 2.34. The van der Waals surface area contributed by atoms with Crippen molar-refractivity contribution in [1.82, 2.24) is 0 Å². The molecule has 0 saturated carbocycles. The van der Waals surface area contributed by atoms with Gasteiger partial charge in [0.15, 0.2) is 0 Å². The molecule has 1 aliphatic carbocycles. The Morgan fingerprint density at radius 2 is 2.07 bits per heavy atom. The number of allylic oxidation sites excluding steroid dienone is 4. The van der Waals surface area contributed by atoms with Crippen LogP contribution in [0.5, 0.6) is 0 Å². The molecule has 1 atom stereocenters. The third-order valence-electron chi connectivity index (χ3n) is 3.30. The van der Waals surface area contributed by atoms with Gasteiger partial charge in [0.25, 0.3) is 0 Å². The van der Waals surface area contributed by atoms with E-state index in [-0.39, 0.29) is 5.41 Å². The molecule has 0 heterocycles. The lowest BCUT2D eigenvalue weighted by Gasteiger charge is -2.37. The van der Waals surface area contributed by atoms with Gasteiger partial charge in [-0.25, -0.2) is 0 Å². The lowest BCUT2D eigenvalue weighted by molar-refractivity contribution is 0.244. The molecular weight excluding hydrogens is 215 g/mol. The van der Waals surface area contributed by atoms with Crippen LogP contribution >= 0.6 is 23.2 Å². The molecule has 0 aromatic heterocycles. The molecule has 80 valence electrons. The minimum absolute atomic E-state index is 0.142.